The van der Waals surface area contributed by atoms with Gasteiger partial charge in [-0.15, -0.1) is 0 Å². The van der Waals surface area contributed by atoms with Crippen molar-refractivity contribution in [3.05, 3.63) is 42.4 Å². The van der Waals surface area contributed by atoms with Crippen LogP contribution >= 0.6 is 0 Å². The van der Waals surface area contributed by atoms with Crippen LogP contribution in [0.3, 0.4) is 0 Å². The fourth-order valence-electron chi connectivity index (χ4n) is 1.35. The molecule has 0 aliphatic carbocycles. The first-order valence-electron chi connectivity index (χ1n) is 4.31. The maximum atomic E-state index is 11.1. The van der Waals surface area contributed by atoms with Gasteiger partial charge >= 0.3 is 0 Å². The van der Waals surface area contributed by atoms with Gasteiger partial charge in [-0.3, -0.25) is 9.36 Å². The SMILES string of the molecule is NC(=O)c1c(O)ncn1-c1ccccc1. The average Bonchev–Trinajstić information content (AvgIpc) is 2.61. The van der Waals surface area contributed by atoms with Gasteiger partial charge in [-0.2, -0.15) is 0 Å². The van der Waals surface area contributed by atoms with E-state index in [9.17, 15) is 9.90 Å². The van der Waals surface area contributed by atoms with E-state index >= 15 is 0 Å². The molecule has 0 radical (unpaired) electrons. The number of benzene rings is 1. The third-order valence-corrected chi connectivity index (χ3v) is 2.02. The molecule has 0 saturated carbocycles. The summed E-state index contributed by atoms with van der Waals surface area (Å²) < 4.78 is 1.44. The topological polar surface area (TPSA) is 81.1 Å². The van der Waals surface area contributed by atoms with Gasteiger partial charge in [-0.05, 0) is 12.1 Å². The number of rotatable bonds is 2. The fourth-order valence-corrected chi connectivity index (χ4v) is 1.35. The quantitative estimate of drug-likeness (QED) is 0.752. The van der Waals surface area contributed by atoms with Gasteiger partial charge in [0.25, 0.3) is 5.91 Å². The lowest BCUT2D eigenvalue weighted by Crippen LogP contribution is -2.15. The highest BCUT2D eigenvalue weighted by Gasteiger charge is 2.16. The molecule has 0 bridgehead atoms. The minimum atomic E-state index is -0.714. The van der Waals surface area contributed by atoms with E-state index in [1.54, 1.807) is 12.1 Å². The van der Waals surface area contributed by atoms with Gasteiger partial charge in [0.05, 0.1) is 0 Å². The third kappa shape index (κ3) is 1.54. The molecule has 0 spiro atoms. The van der Waals surface area contributed by atoms with Crippen molar-refractivity contribution in [2.75, 3.05) is 0 Å². The number of aromatic nitrogens is 2. The zero-order valence-electron chi connectivity index (χ0n) is 7.79. The largest absolute Gasteiger partial charge is 0.492 e. The average molecular weight is 203 g/mol. The third-order valence-electron chi connectivity index (χ3n) is 2.02. The van der Waals surface area contributed by atoms with Crippen LogP contribution in [0.15, 0.2) is 36.7 Å². The Morgan fingerprint density at radius 1 is 1.33 bits per heavy atom. The Bertz CT molecular complexity index is 491. The van der Waals surface area contributed by atoms with E-state index in [0.29, 0.717) is 0 Å². The van der Waals surface area contributed by atoms with E-state index in [4.69, 9.17) is 5.73 Å². The Morgan fingerprint density at radius 3 is 2.60 bits per heavy atom. The van der Waals surface area contributed by atoms with Crippen LogP contribution < -0.4 is 5.73 Å². The molecule has 1 aromatic heterocycles. The van der Waals surface area contributed by atoms with Crippen LogP contribution in [0.25, 0.3) is 5.69 Å². The van der Waals surface area contributed by atoms with Crippen molar-refractivity contribution in [1.82, 2.24) is 9.55 Å². The van der Waals surface area contributed by atoms with Gasteiger partial charge in [0.2, 0.25) is 5.88 Å². The summed E-state index contributed by atoms with van der Waals surface area (Å²) in [5, 5.41) is 9.33. The molecule has 0 unspecified atom stereocenters. The number of hydrogen-bond acceptors (Lipinski definition) is 3. The molecule has 0 aliphatic heterocycles. The number of carbonyl (C=O) groups excluding carboxylic acids is 1. The molecule has 1 amide bonds. The predicted octanol–water partition coefficient (Wildman–Crippen LogP) is 0.677. The lowest BCUT2D eigenvalue weighted by Gasteiger charge is -2.04. The van der Waals surface area contributed by atoms with Crippen molar-refractivity contribution >= 4 is 5.91 Å². The van der Waals surface area contributed by atoms with Crippen LogP contribution in [-0.2, 0) is 0 Å². The van der Waals surface area contributed by atoms with Crippen LogP contribution in [0.5, 0.6) is 5.88 Å². The van der Waals surface area contributed by atoms with E-state index in [2.05, 4.69) is 4.98 Å². The lowest BCUT2D eigenvalue weighted by atomic mass is 10.3. The molecule has 5 nitrogen and oxygen atoms in total. The van der Waals surface area contributed by atoms with Crippen LogP contribution in [0.2, 0.25) is 0 Å². The lowest BCUT2D eigenvalue weighted by molar-refractivity contribution is 0.0991. The molecule has 0 fully saturated rings. The number of para-hydroxylation sites is 1. The van der Waals surface area contributed by atoms with Gasteiger partial charge < -0.3 is 10.8 Å². The normalized spacial score (nSPS) is 10.1. The predicted molar refractivity (Wildman–Crippen MR) is 53.7 cm³/mol. The second-order valence-corrected chi connectivity index (χ2v) is 2.99. The zero-order valence-corrected chi connectivity index (χ0v) is 7.79. The van der Waals surface area contributed by atoms with Crippen LogP contribution in [0, 0.1) is 0 Å². The van der Waals surface area contributed by atoms with Crippen LogP contribution in [0.1, 0.15) is 10.5 Å². The maximum Gasteiger partial charge on any atom is 0.271 e. The molecule has 0 aliphatic rings. The molecule has 15 heavy (non-hydrogen) atoms. The molecular weight excluding hydrogens is 194 g/mol. The summed E-state index contributed by atoms with van der Waals surface area (Å²) in [6.07, 6.45) is 1.35. The second kappa shape index (κ2) is 3.45. The van der Waals surface area contributed by atoms with Crippen molar-refractivity contribution in [3.8, 4) is 11.6 Å². The molecule has 0 atom stereocenters. The first-order chi connectivity index (χ1) is 7.20. The van der Waals surface area contributed by atoms with Gasteiger partial charge in [-0.1, -0.05) is 18.2 Å². The minimum absolute atomic E-state index is 0.0128. The molecule has 1 heterocycles. The minimum Gasteiger partial charge on any atom is -0.492 e. The van der Waals surface area contributed by atoms with Crippen LogP contribution in [-0.4, -0.2) is 20.6 Å². The Kier molecular flexibility index (Phi) is 2.13. The van der Waals surface area contributed by atoms with Crippen LogP contribution in [0.4, 0.5) is 0 Å². The summed E-state index contributed by atoms with van der Waals surface area (Å²) in [5.74, 6) is -1.07. The summed E-state index contributed by atoms with van der Waals surface area (Å²) in [5.41, 5.74) is 5.85. The van der Waals surface area contributed by atoms with E-state index in [1.807, 2.05) is 18.2 Å². The van der Waals surface area contributed by atoms with Crippen molar-refractivity contribution in [2.24, 2.45) is 5.73 Å². The summed E-state index contributed by atoms with van der Waals surface area (Å²) >= 11 is 0. The Morgan fingerprint density at radius 2 is 2.00 bits per heavy atom. The number of nitrogens with zero attached hydrogens (tertiary/aromatic N) is 2. The van der Waals surface area contributed by atoms with Gasteiger partial charge in [0, 0.05) is 5.69 Å². The zero-order chi connectivity index (χ0) is 10.8. The number of imidazole rings is 1. The molecule has 2 rings (SSSR count). The standard InChI is InChI=1S/C10H9N3O2/c11-9(14)8-10(15)12-6-13(8)7-4-2-1-3-5-7/h1-6,15H,(H2,11,14). The summed E-state index contributed by atoms with van der Waals surface area (Å²) in [6.45, 7) is 0. The number of nitrogens with two attached hydrogens (primary N) is 1. The molecule has 76 valence electrons. The highest BCUT2D eigenvalue weighted by atomic mass is 16.3. The molecule has 0 saturated heterocycles. The molecule has 3 N–H and O–H groups in total. The molecule has 2 aromatic rings. The van der Waals surface area contributed by atoms with E-state index in [0.717, 1.165) is 5.69 Å². The molecule has 1 aromatic carbocycles. The van der Waals surface area contributed by atoms with Crippen molar-refractivity contribution in [3.63, 3.8) is 0 Å². The van der Waals surface area contributed by atoms with Crippen molar-refractivity contribution < 1.29 is 9.90 Å². The summed E-state index contributed by atoms with van der Waals surface area (Å²) in [7, 11) is 0. The van der Waals surface area contributed by atoms with E-state index < -0.39 is 5.91 Å². The second-order valence-electron chi connectivity index (χ2n) is 2.99. The first kappa shape index (κ1) is 9.26. The number of carbonyl (C=O) groups is 1. The maximum absolute atomic E-state index is 11.1. The summed E-state index contributed by atoms with van der Waals surface area (Å²) in [4.78, 5) is 14.7. The Balaban J connectivity index is 2.59. The monoisotopic (exact) mass is 203 g/mol. The summed E-state index contributed by atoms with van der Waals surface area (Å²) in [6, 6.07) is 9.06. The van der Waals surface area contributed by atoms with Crippen molar-refractivity contribution in [1.29, 1.82) is 0 Å². The molecular formula is C10H9N3O2. The van der Waals surface area contributed by atoms with E-state index in [1.165, 1.54) is 10.9 Å². The first-order valence-corrected chi connectivity index (χ1v) is 4.31. The highest BCUT2D eigenvalue weighted by Crippen LogP contribution is 2.18. The number of amides is 1. The van der Waals surface area contributed by atoms with Gasteiger partial charge in [-0.25, -0.2) is 4.98 Å². The molecule has 5 heteroatoms. The number of hydrogen-bond donors (Lipinski definition) is 2. The van der Waals surface area contributed by atoms with E-state index in [-0.39, 0.29) is 11.6 Å². The van der Waals surface area contributed by atoms with Gasteiger partial charge in [0.15, 0.2) is 5.69 Å². The number of aromatic hydroxyl groups is 1. The Labute approximate surface area is 85.8 Å². The number of primary amides is 1. The van der Waals surface area contributed by atoms with Crippen molar-refractivity contribution in [2.45, 2.75) is 0 Å². The Hall–Kier alpha value is -2.30. The van der Waals surface area contributed by atoms with Gasteiger partial charge in [0.1, 0.15) is 6.33 Å². The fraction of sp³-hybridized carbons (Fsp3) is 0. The highest BCUT2D eigenvalue weighted by molar-refractivity contribution is 5.93. The smallest absolute Gasteiger partial charge is 0.271 e.